The lowest BCUT2D eigenvalue weighted by Gasteiger charge is -2.32. The fourth-order valence-corrected chi connectivity index (χ4v) is 7.68. The van der Waals surface area contributed by atoms with E-state index in [1.807, 2.05) is 42.5 Å². The summed E-state index contributed by atoms with van der Waals surface area (Å²) < 4.78 is 7.52. The first-order valence-corrected chi connectivity index (χ1v) is 19.2. The van der Waals surface area contributed by atoms with E-state index >= 15 is 0 Å². The van der Waals surface area contributed by atoms with Crippen molar-refractivity contribution in [2.24, 2.45) is 5.92 Å². The van der Waals surface area contributed by atoms with Crippen LogP contribution < -0.4 is 20.9 Å². The van der Waals surface area contributed by atoms with Crippen LogP contribution in [0.5, 0.6) is 5.75 Å². The van der Waals surface area contributed by atoms with Gasteiger partial charge in [0.2, 0.25) is 11.8 Å². The van der Waals surface area contributed by atoms with Crippen molar-refractivity contribution in [1.82, 2.24) is 34.9 Å². The number of nitriles is 1. The molecule has 0 saturated carbocycles. The van der Waals surface area contributed by atoms with E-state index in [0.717, 1.165) is 67.0 Å². The molecule has 57 heavy (non-hydrogen) atoms. The van der Waals surface area contributed by atoms with Gasteiger partial charge in [-0.3, -0.25) is 24.5 Å². The van der Waals surface area contributed by atoms with Gasteiger partial charge in [-0.05, 0) is 80.2 Å². The molecule has 2 fully saturated rings. The first-order chi connectivity index (χ1) is 27.8. The van der Waals surface area contributed by atoms with Gasteiger partial charge in [0.15, 0.2) is 11.6 Å². The Morgan fingerprint density at radius 3 is 2.49 bits per heavy atom. The van der Waals surface area contributed by atoms with E-state index in [1.165, 1.54) is 10.7 Å². The Morgan fingerprint density at radius 1 is 0.895 bits per heavy atom. The highest BCUT2D eigenvalue weighted by molar-refractivity contribution is 6.06. The zero-order chi connectivity index (χ0) is 39.3. The molecule has 3 aliphatic rings. The number of carbonyl (C=O) groups is 3. The maximum Gasteiger partial charge on any atom is 0.267 e. The monoisotopic (exact) mass is 763 g/mol. The smallest absolute Gasteiger partial charge is 0.267 e. The van der Waals surface area contributed by atoms with Gasteiger partial charge in [0.25, 0.3) is 11.5 Å². The number of amides is 3. The number of benzene rings is 3. The molecule has 0 aliphatic carbocycles. The van der Waals surface area contributed by atoms with Crippen LogP contribution in [0.1, 0.15) is 52.7 Å². The third-order valence-electron chi connectivity index (χ3n) is 10.8. The molecule has 14 heteroatoms. The summed E-state index contributed by atoms with van der Waals surface area (Å²) in [6.45, 7) is 4.68. The molecule has 3 aromatic carbocycles. The summed E-state index contributed by atoms with van der Waals surface area (Å²) >= 11 is 0. The second-order valence-electron chi connectivity index (χ2n) is 14.6. The molecule has 1 atom stereocenters. The van der Waals surface area contributed by atoms with Gasteiger partial charge in [-0.2, -0.15) is 10.4 Å². The van der Waals surface area contributed by atoms with Crippen molar-refractivity contribution in [3.63, 3.8) is 0 Å². The van der Waals surface area contributed by atoms with Crippen LogP contribution >= 0.6 is 0 Å². The fourth-order valence-electron chi connectivity index (χ4n) is 7.68. The summed E-state index contributed by atoms with van der Waals surface area (Å²) in [6, 6.07) is 25.1. The largest absolute Gasteiger partial charge is 0.490 e. The van der Waals surface area contributed by atoms with Gasteiger partial charge < -0.3 is 19.9 Å². The summed E-state index contributed by atoms with van der Waals surface area (Å²) in [5.41, 5.74) is 5.74. The van der Waals surface area contributed by atoms with Crippen LogP contribution in [0.2, 0.25) is 0 Å². The van der Waals surface area contributed by atoms with Crippen molar-refractivity contribution in [3.05, 3.63) is 124 Å². The molecule has 2 N–H and O–H groups in total. The third kappa shape index (κ3) is 8.44. The Bertz CT molecular complexity index is 2420. The number of anilines is 1. The van der Waals surface area contributed by atoms with Crippen LogP contribution in [0.3, 0.4) is 0 Å². The lowest BCUT2D eigenvalue weighted by molar-refractivity contribution is -0.136. The highest BCUT2D eigenvalue weighted by Gasteiger charge is 2.39. The quantitative estimate of drug-likeness (QED) is 0.174. The Balaban J connectivity index is 0.791. The topological polar surface area (TPSA) is 175 Å². The van der Waals surface area contributed by atoms with Crippen LogP contribution in [0.25, 0.3) is 22.6 Å². The Labute approximate surface area is 329 Å². The summed E-state index contributed by atoms with van der Waals surface area (Å²) in [4.78, 5) is 63.1. The number of hydrogen-bond donors (Lipinski definition) is 2. The van der Waals surface area contributed by atoms with Crippen LogP contribution in [0, 0.1) is 17.2 Å². The number of ether oxygens (including phenoxy) is 1. The average Bonchev–Trinajstić information content (AvgIpc) is 3.57. The van der Waals surface area contributed by atoms with Gasteiger partial charge in [-0.1, -0.05) is 36.4 Å². The van der Waals surface area contributed by atoms with E-state index in [9.17, 15) is 24.4 Å². The lowest BCUT2D eigenvalue weighted by atomic mass is 9.98. The first-order valence-electron chi connectivity index (χ1n) is 19.2. The maximum absolute atomic E-state index is 13.2. The Kier molecular flexibility index (Phi) is 10.8. The Morgan fingerprint density at radius 2 is 1.68 bits per heavy atom. The minimum absolute atomic E-state index is 0.172. The van der Waals surface area contributed by atoms with Gasteiger partial charge in [0, 0.05) is 60.1 Å². The van der Waals surface area contributed by atoms with E-state index < -0.39 is 11.9 Å². The highest BCUT2D eigenvalue weighted by atomic mass is 16.5. The number of nitrogens with zero attached hydrogens (tertiary/aromatic N) is 7. The van der Waals surface area contributed by atoms with E-state index in [2.05, 4.69) is 36.7 Å². The number of hydrogen-bond acceptors (Lipinski definition) is 11. The van der Waals surface area contributed by atoms with Crippen LogP contribution in [-0.2, 0) is 22.7 Å². The molecule has 288 valence electrons. The number of imide groups is 1. The average molecular weight is 764 g/mol. The molecule has 1 unspecified atom stereocenters. The van der Waals surface area contributed by atoms with Crippen molar-refractivity contribution in [2.75, 3.05) is 38.1 Å². The van der Waals surface area contributed by atoms with Crippen molar-refractivity contribution in [3.8, 4) is 34.5 Å². The normalized spacial score (nSPS) is 17.2. The number of nitrogens with one attached hydrogen (secondary N) is 2. The maximum atomic E-state index is 13.2. The predicted octanol–water partition coefficient (Wildman–Crippen LogP) is 4.25. The van der Waals surface area contributed by atoms with Crippen molar-refractivity contribution < 1.29 is 19.1 Å². The summed E-state index contributed by atoms with van der Waals surface area (Å²) in [5.74, 6) is 0.700. The minimum Gasteiger partial charge on any atom is -0.490 e. The van der Waals surface area contributed by atoms with Gasteiger partial charge in [0.1, 0.15) is 6.04 Å². The van der Waals surface area contributed by atoms with Gasteiger partial charge in [0.05, 0.1) is 42.9 Å². The van der Waals surface area contributed by atoms with Gasteiger partial charge >= 0.3 is 0 Å². The number of likely N-dealkylation sites (tertiary alicyclic amines) is 1. The van der Waals surface area contributed by atoms with E-state index in [0.29, 0.717) is 53.9 Å². The molecule has 5 heterocycles. The number of aromatic nitrogens is 4. The minimum atomic E-state index is -0.632. The molecule has 2 saturated heterocycles. The molecule has 0 bridgehead atoms. The van der Waals surface area contributed by atoms with E-state index in [-0.39, 0.29) is 30.3 Å². The van der Waals surface area contributed by atoms with E-state index in [1.54, 1.807) is 47.6 Å². The molecule has 3 aliphatic heterocycles. The first kappa shape index (κ1) is 37.2. The third-order valence-corrected chi connectivity index (χ3v) is 10.8. The van der Waals surface area contributed by atoms with Gasteiger partial charge in [-0.15, -0.1) is 0 Å². The Hall–Kier alpha value is -6.72. The predicted molar refractivity (Wildman–Crippen MR) is 211 cm³/mol. The van der Waals surface area contributed by atoms with E-state index in [4.69, 9.17) is 4.74 Å². The van der Waals surface area contributed by atoms with Crippen molar-refractivity contribution in [1.29, 1.82) is 5.26 Å². The number of fused-ring (bicyclic) bond motifs is 1. The second-order valence-corrected chi connectivity index (χ2v) is 14.6. The second kappa shape index (κ2) is 16.6. The highest BCUT2D eigenvalue weighted by Crippen LogP contribution is 2.32. The van der Waals surface area contributed by atoms with Crippen LogP contribution in [-0.4, -0.2) is 86.1 Å². The standard InChI is InChI=1S/C43H41N9O5/c44-22-29-4-1-6-31(20-29)36-10-13-40(54)52(49-36)25-30-5-2-7-32(21-30)41-46-23-33(24-47-41)57-27-28-14-17-50(18-15-28)19-16-45-37-9-3-8-34-35(37)26-51(43(34)56)38-11-12-39(53)48-42(38)55/h1-10,13,20-21,23-24,28,38,45H,11-12,14-19,25-27H2,(H,48,53,55). The zero-order valence-corrected chi connectivity index (χ0v) is 31.3. The molecule has 2 aromatic heterocycles. The molecule has 3 amide bonds. The number of carbonyl (C=O) groups excluding carboxylic acids is 3. The molecular weight excluding hydrogens is 723 g/mol. The fraction of sp³-hybridized carbons (Fsp3) is 0.302. The lowest BCUT2D eigenvalue weighted by Crippen LogP contribution is -2.52. The number of rotatable bonds is 12. The molecule has 0 radical (unpaired) electrons. The van der Waals surface area contributed by atoms with Crippen LogP contribution in [0.15, 0.2) is 96.1 Å². The van der Waals surface area contributed by atoms with Gasteiger partial charge in [-0.25, -0.2) is 14.6 Å². The molecule has 5 aromatic rings. The zero-order valence-electron chi connectivity index (χ0n) is 31.3. The summed E-state index contributed by atoms with van der Waals surface area (Å²) in [6.07, 6.45) is 5.98. The van der Waals surface area contributed by atoms with Crippen molar-refractivity contribution in [2.45, 2.75) is 44.8 Å². The van der Waals surface area contributed by atoms with Crippen LogP contribution in [0.4, 0.5) is 5.69 Å². The summed E-state index contributed by atoms with van der Waals surface area (Å²) in [7, 11) is 0. The SMILES string of the molecule is N#Cc1cccc(-c2ccc(=O)n(Cc3cccc(-c4ncc(OCC5CCN(CCNc6cccc7c6CN(C6CCC(=O)NC6=O)C7=O)CC5)cn4)c3)n2)c1. The molecular formula is C43H41N9O5. The summed E-state index contributed by atoms with van der Waals surface area (Å²) in [5, 5.41) is 19.7. The molecule has 14 nitrogen and oxygen atoms in total. The number of piperidine rings is 2. The molecule has 8 rings (SSSR count). The van der Waals surface area contributed by atoms with Crippen molar-refractivity contribution >= 4 is 23.4 Å². The molecule has 0 spiro atoms.